The van der Waals surface area contributed by atoms with E-state index in [9.17, 15) is 9.59 Å². The average Bonchev–Trinajstić information content (AvgIpc) is 2.82. The predicted molar refractivity (Wildman–Crippen MR) is 124 cm³/mol. The first kappa shape index (κ1) is 21.9. The van der Waals surface area contributed by atoms with Crippen molar-refractivity contribution >= 4 is 16.8 Å². The second-order valence-corrected chi connectivity index (χ2v) is 8.07. The number of nitrogens with one attached hydrogen (secondary N) is 2. The normalized spacial score (nSPS) is 13.6. The Bertz CT molecular complexity index is 1200. The number of methoxy groups -OCH3 is 2. The van der Waals surface area contributed by atoms with Crippen LogP contribution in [0.5, 0.6) is 11.5 Å². The number of pyridine rings is 1. The number of nitrogens with zero attached hydrogens (tertiary/aromatic N) is 1. The largest absolute Gasteiger partial charge is 0.493 e. The van der Waals surface area contributed by atoms with Crippen LogP contribution in [0.15, 0.2) is 41.2 Å². The van der Waals surface area contributed by atoms with E-state index in [1.807, 2.05) is 35.2 Å². The molecule has 4 rings (SSSR count). The van der Waals surface area contributed by atoms with Gasteiger partial charge in [0.2, 0.25) is 5.91 Å². The average molecular weight is 436 g/mol. The summed E-state index contributed by atoms with van der Waals surface area (Å²) in [5.74, 6) is 1.21. The van der Waals surface area contributed by atoms with Gasteiger partial charge in [0.15, 0.2) is 16.9 Å². The summed E-state index contributed by atoms with van der Waals surface area (Å²) in [6.45, 7) is 3.93. The molecular weight excluding hydrogens is 406 g/mol. The lowest BCUT2D eigenvalue weighted by Crippen LogP contribution is -2.41. The molecule has 2 N–H and O–H groups in total. The van der Waals surface area contributed by atoms with Crippen LogP contribution in [0.3, 0.4) is 0 Å². The van der Waals surface area contributed by atoms with E-state index in [0.717, 1.165) is 52.7 Å². The standard InChI is InChI=1S/C25H29N3O4/c1-4-16-5-7-20-18(11-16)25(30)19-14-28(10-9-21(19)27-20)15-24(29)26-13-17-6-8-22(31-2)23(12-17)32-3/h5-8,11-12H,4,9-10,13-15H2,1-3H3,(H,26,29)(H,27,30). The van der Waals surface area contributed by atoms with Gasteiger partial charge in [0, 0.05) is 48.2 Å². The maximum Gasteiger partial charge on any atom is 0.234 e. The Morgan fingerprint density at radius 1 is 1.09 bits per heavy atom. The van der Waals surface area contributed by atoms with Gasteiger partial charge in [-0.3, -0.25) is 14.5 Å². The van der Waals surface area contributed by atoms with E-state index < -0.39 is 0 Å². The minimum absolute atomic E-state index is 0.0690. The molecule has 0 spiro atoms. The van der Waals surface area contributed by atoms with Crippen LogP contribution in [0.2, 0.25) is 0 Å². The maximum absolute atomic E-state index is 13.1. The molecule has 2 aromatic carbocycles. The highest BCUT2D eigenvalue weighted by atomic mass is 16.5. The molecule has 0 fully saturated rings. The molecule has 168 valence electrons. The lowest BCUT2D eigenvalue weighted by molar-refractivity contribution is -0.122. The van der Waals surface area contributed by atoms with Gasteiger partial charge < -0.3 is 19.8 Å². The second-order valence-electron chi connectivity index (χ2n) is 8.07. The predicted octanol–water partition coefficient (Wildman–Crippen LogP) is 2.78. The van der Waals surface area contributed by atoms with Gasteiger partial charge in [-0.2, -0.15) is 0 Å². The monoisotopic (exact) mass is 435 g/mol. The van der Waals surface area contributed by atoms with Crippen molar-refractivity contribution in [1.29, 1.82) is 0 Å². The van der Waals surface area contributed by atoms with Crippen LogP contribution < -0.4 is 20.2 Å². The summed E-state index contributed by atoms with van der Waals surface area (Å²) in [7, 11) is 3.18. The number of aromatic nitrogens is 1. The highest BCUT2D eigenvalue weighted by Gasteiger charge is 2.22. The Balaban J connectivity index is 1.42. The third kappa shape index (κ3) is 4.48. The molecule has 0 unspecified atom stereocenters. The molecule has 1 aromatic heterocycles. The molecule has 7 nitrogen and oxygen atoms in total. The fourth-order valence-corrected chi connectivity index (χ4v) is 4.18. The number of hydrogen-bond acceptors (Lipinski definition) is 5. The van der Waals surface area contributed by atoms with Crippen LogP contribution in [-0.2, 0) is 30.7 Å². The van der Waals surface area contributed by atoms with Crippen molar-refractivity contribution in [1.82, 2.24) is 15.2 Å². The van der Waals surface area contributed by atoms with Crippen molar-refractivity contribution < 1.29 is 14.3 Å². The molecule has 2 heterocycles. The number of aromatic amines is 1. The zero-order chi connectivity index (χ0) is 22.7. The summed E-state index contributed by atoms with van der Waals surface area (Å²) in [6, 6.07) is 11.6. The van der Waals surface area contributed by atoms with Crippen molar-refractivity contribution in [3.05, 3.63) is 69.0 Å². The number of benzene rings is 2. The molecule has 3 aromatic rings. The Morgan fingerprint density at radius 3 is 2.62 bits per heavy atom. The quantitative estimate of drug-likeness (QED) is 0.596. The molecule has 0 saturated carbocycles. The third-order valence-corrected chi connectivity index (χ3v) is 6.03. The summed E-state index contributed by atoms with van der Waals surface area (Å²) >= 11 is 0. The van der Waals surface area contributed by atoms with E-state index >= 15 is 0 Å². The summed E-state index contributed by atoms with van der Waals surface area (Å²) in [5.41, 5.74) is 4.77. The molecule has 1 amide bonds. The lowest BCUT2D eigenvalue weighted by atomic mass is 10.0. The Morgan fingerprint density at radius 2 is 1.88 bits per heavy atom. The minimum atomic E-state index is -0.0753. The number of H-pyrrole nitrogens is 1. The number of fused-ring (bicyclic) bond motifs is 2. The van der Waals surface area contributed by atoms with E-state index in [0.29, 0.717) is 24.6 Å². The number of hydrogen-bond donors (Lipinski definition) is 2. The first-order valence-electron chi connectivity index (χ1n) is 10.9. The first-order valence-corrected chi connectivity index (χ1v) is 10.9. The van der Waals surface area contributed by atoms with Gasteiger partial charge in [-0.05, 0) is 41.8 Å². The zero-order valence-corrected chi connectivity index (χ0v) is 18.8. The van der Waals surface area contributed by atoms with Crippen LogP contribution >= 0.6 is 0 Å². The smallest absolute Gasteiger partial charge is 0.234 e. The summed E-state index contributed by atoms with van der Waals surface area (Å²) in [6.07, 6.45) is 1.61. The van der Waals surface area contributed by atoms with E-state index in [1.54, 1.807) is 14.2 Å². The topological polar surface area (TPSA) is 83.7 Å². The van der Waals surface area contributed by atoms with Crippen molar-refractivity contribution in [2.75, 3.05) is 27.3 Å². The molecular formula is C25H29N3O4. The van der Waals surface area contributed by atoms with Crippen molar-refractivity contribution in [2.24, 2.45) is 0 Å². The Labute approximate surface area is 187 Å². The number of rotatable bonds is 7. The summed E-state index contributed by atoms with van der Waals surface area (Å²) < 4.78 is 10.6. The van der Waals surface area contributed by atoms with Gasteiger partial charge in [-0.15, -0.1) is 0 Å². The summed E-state index contributed by atoms with van der Waals surface area (Å²) in [4.78, 5) is 31.1. The maximum atomic E-state index is 13.1. The molecule has 7 heteroatoms. The van der Waals surface area contributed by atoms with E-state index in [2.05, 4.69) is 23.3 Å². The van der Waals surface area contributed by atoms with E-state index in [1.165, 1.54) is 0 Å². The molecule has 0 bridgehead atoms. The van der Waals surface area contributed by atoms with Gasteiger partial charge in [-0.1, -0.05) is 19.1 Å². The SMILES string of the molecule is CCc1ccc2[nH]c3c(c(=O)c2c1)CN(CC(=O)NCc1ccc(OC)c(OC)c1)CC3. The number of carbonyl (C=O) groups is 1. The van der Waals surface area contributed by atoms with Gasteiger partial charge in [-0.25, -0.2) is 0 Å². The van der Waals surface area contributed by atoms with Crippen molar-refractivity contribution in [2.45, 2.75) is 32.9 Å². The number of carbonyl (C=O) groups excluding carboxylic acids is 1. The fraction of sp³-hybridized carbons (Fsp3) is 0.360. The number of ether oxygens (including phenoxy) is 2. The second kappa shape index (κ2) is 9.44. The van der Waals surface area contributed by atoms with E-state index in [-0.39, 0.29) is 17.9 Å². The van der Waals surface area contributed by atoms with Gasteiger partial charge in [0.1, 0.15) is 0 Å². The first-order chi connectivity index (χ1) is 15.5. The van der Waals surface area contributed by atoms with Gasteiger partial charge in [0.05, 0.1) is 20.8 Å². The van der Waals surface area contributed by atoms with Crippen LogP contribution in [0.1, 0.15) is 29.3 Å². The highest BCUT2D eigenvalue weighted by molar-refractivity contribution is 5.80. The third-order valence-electron chi connectivity index (χ3n) is 6.03. The molecule has 1 aliphatic heterocycles. The fourth-order valence-electron chi connectivity index (χ4n) is 4.18. The lowest BCUT2D eigenvalue weighted by Gasteiger charge is -2.28. The van der Waals surface area contributed by atoms with Crippen LogP contribution in [0.4, 0.5) is 0 Å². The Hall–Kier alpha value is -3.32. The van der Waals surface area contributed by atoms with Gasteiger partial charge >= 0.3 is 0 Å². The number of amides is 1. The summed E-state index contributed by atoms with van der Waals surface area (Å²) in [5, 5.41) is 3.68. The molecule has 1 aliphatic rings. The number of aryl methyl sites for hydroxylation is 1. The van der Waals surface area contributed by atoms with Crippen LogP contribution in [0.25, 0.3) is 10.9 Å². The van der Waals surface area contributed by atoms with Crippen molar-refractivity contribution in [3.63, 3.8) is 0 Å². The zero-order valence-electron chi connectivity index (χ0n) is 18.8. The molecule has 0 saturated heterocycles. The van der Waals surface area contributed by atoms with Crippen molar-refractivity contribution in [3.8, 4) is 11.5 Å². The minimum Gasteiger partial charge on any atom is -0.493 e. The van der Waals surface area contributed by atoms with E-state index in [4.69, 9.17) is 9.47 Å². The molecule has 0 radical (unpaired) electrons. The van der Waals surface area contributed by atoms with Crippen LogP contribution in [0, 0.1) is 0 Å². The van der Waals surface area contributed by atoms with Crippen LogP contribution in [-0.4, -0.2) is 43.1 Å². The highest BCUT2D eigenvalue weighted by Crippen LogP contribution is 2.27. The molecule has 32 heavy (non-hydrogen) atoms. The molecule has 0 atom stereocenters. The van der Waals surface area contributed by atoms with Gasteiger partial charge in [0.25, 0.3) is 0 Å². The molecule has 0 aliphatic carbocycles. The Kier molecular flexibility index (Phi) is 6.46.